The Hall–Kier alpha value is -1.33. The Morgan fingerprint density at radius 2 is 1.95 bits per heavy atom. The second-order valence-corrected chi connectivity index (χ2v) is 5.99. The third-order valence-electron chi connectivity index (χ3n) is 3.64. The largest absolute Gasteiger partial charge is 0.310 e. The van der Waals surface area contributed by atoms with Crippen LogP contribution in [0.5, 0.6) is 0 Å². The summed E-state index contributed by atoms with van der Waals surface area (Å²) in [6.07, 6.45) is 3.21. The molecule has 1 aromatic carbocycles. The third-order valence-corrected chi connectivity index (χ3v) is 3.64. The summed E-state index contributed by atoms with van der Waals surface area (Å²) < 4.78 is 0. The topological polar surface area (TPSA) is 35.8 Å². The van der Waals surface area contributed by atoms with Crippen LogP contribution in [0.4, 0.5) is 0 Å². The van der Waals surface area contributed by atoms with Gasteiger partial charge in [-0.1, -0.05) is 30.7 Å². The number of rotatable bonds is 7. The van der Waals surface area contributed by atoms with Crippen molar-refractivity contribution < 1.29 is 0 Å². The number of unbranched alkanes of at least 4 members (excludes halogenated alkanes) is 1. The van der Waals surface area contributed by atoms with E-state index >= 15 is 0 Å². The zero-order valence-corrected chi connectivity index (χ0v) is 12.7. The van der Waals surface area contributed by atoms with Gasteiger partial charge in [0.2, 0.25) is 0 Å². The van der Waals surface area contributed by atoms with Crippen LogP contribution in [-0.4, -0.2) is 6.54 Å². The molecule has 0 saturated carbocycles. The quantitative estimate of drug-likeness (QED) is 0.737. The fourth-order valence-electron chi connectivity index (χ4n) is 2.25. The molecular formula is C17H26N2. The van der Waals surface area contributed by atoms with Crippen LogP contribution in [0.1, 0.15) is 57.2 Å². The minimum absolute atomic E-state index is 0.179. The first-order valence-corrected chi connectivity index (χ1v) is 7.16. The monoisotopic (exact) mass is 258 g/mol. The van der Waals surface area contributed by atoms with Crippen LogP contribution in [0.2, 0.25) is 0 Å². The number of benzene rings is 1. The molecule has 0 spiro atoms. The third kappa shape index (κ3) is 5.44. The maximum Gasteiger partial charge on any atom is 0.0683 e. The van der Waals surface area contributed by atoms with Gasteiger partial charge in [0.25, 0.3) is 0 Å². The molecule has 0 saturated heterocycles. The van der Waals surface area contributed by atoms with E-state index in [4.69, 9.17) is 5.26 Å². The van der Waals surface area contributed by atoms with E-state index in [0.29, 0.717) is 6.04 Å². The summed E-state index contributed by atoms with van der Waals surface area (Å²) >= 11 is 0. The summed E-state index contributed by atoms with van der Waals surface area (Å²) in [6.45, 7) is 9.40. The maximum atomic E-state index is 8.95. The van der Waals surface area contributed by atoms with Gasteiger partial charge in [0.15, 0.2) is 0 Å². The summed E-state index contributed by atoms with van der Waals surface area (Å²) in [4.78, 5) is 0. The Bertz CT molecular complexity index is 429. The van der Waals surface area contributed by atoms with Crippen molar-refractivity contribution in [3.63, 3.8) is 0 Å². The van der Waals surface area contributed by atoms with Gasteiger partial charge in [-0.25, -0.2) is 0 Å². The predicted molar refractivity (Wildman–Crippen MR) is 80.8 cm³/mol. The van der Waals surface area contributed by atoms with E-state index in [1.807, 2.05) is 13.8 Å². The van der Waals surface area contributed by atoms with Crippen LogP contribution in [0.3, 0.4) is 0 Å². The van der Waals surface area contributed by atoms with Crippen molar-refractivity contribution in [2.75, 3.05) is 6.54 Å². The molecule has 0 heterocycles. The summed E-state index contributed by atoms with van der Waals surface area (Å²) in [6, 6.07) is 11.3. The fourth-order valence-corrected chi connectivity index (χ4v) is 2.25. The molecule has 2 nitrogen and oxygen atoms in total. The molecular weight excluding hydrogens is 232 g/mol. The van der Waals surface area contributed by atoms with Crippen molar-refractivity contribution in [3.05, 3.63) is 35.4 Å². The highest BCUT2D eigenvalue weighted by atomic mass is 14.9. The first kappa shape index (κ1) is 15.7. The molecule has 2 heteroatoms. The van der Waals surface area contributed by atoms with E-state index in [9.17, 15) is 0 Å². The fraction of sp³-hybridized carbons (Fsp3) is 0.588. The highest BCUT2D eigenvalue weighted by Gasteiger charge is 2.15. The number of aryl methyl sites for hydroxylation is 1. The van der Waals surface area contributed by atoms with Gasteiger partial charge in [0.05, 0.1) is 11.5 Å². The molecule has 19 heavy (non-hydrogen) atoms. The molecule has 1 rings (SSSR count). The Kier molecular flexibility index (Phi) is 6.05. The average molecular weight is 258 g/mol. The Labute approximate surface area is 117 Å². The van der Waals surface area contributed by atoms with Gasteiger partial charge in [0.1, 0.15) is 0 Å². The van der Waals surface area contributed by atoms with Gasteiger partial charge in [-0.15, -0.1) is 0 Å². The first-order valence-electron chi connectivity index (χ1n) is 7.16. The van der Waals surface area contributed by atoms with Gasteiger partial charge >= 0.3 is 0 Å². The van der Waals surface area contributed by atoms with Crippen LogP contribution < -0.4 is 5.32 Å². The minimum Gasteiger partial charge on any atom is -0.310 e. The number of hydrogen-bond donors (Lipinski definition) is 1. The SMILES string of the molecule is Cc1ccccc1[C@H](C)NCCCCC(C)(C)C#N. The molecule has 0 aromatic heterocycles. The van der Waals surface area contributed by atoms with Gasteiger partial charge in [-0.05, 0) is 58.2 Å². The highest BCUT2D eigenvalue weighted by molar-refractivity contribution is 5.28. The lowest BCUT2D eigenvalue weighted by molar-refractivity contribution is 0.417. The van der Waals surface area contributed by atoms with Gasteiger partial charge < -0.3 is 5.32 Å². The number of nitriles is 1. The lowest BCUT2D eigenvalue weighted by atomic mass is 9.89. The van der Waals surface area contributed by atoms with Crippen molar-refractivity contribution in [1.29, 1.82) is 5.26 Å². The zero-order chi connectivity index (χ0) is 14.3. The second-order valence-electron chi connectivity index (χ2n) is 5.99. The van der Waals surface area contributed by atoms with Crippen molar-refractivity contribution in [2.45, 2.75) is 53.0 Å². The van der Waals surface area contributed by atoms with Crippen LogP contribution in [0.25, 0.3) is 0 Å². The minimum atomic E-state index is -0.179. The number of hydrogen-bond acceptors (Lipinski definition) is 2. The molecule has 0 fully saturated rings. The molecule has 104 valence electrons. The molecule has 0 unspecified atom stereocenters. The number of nitrogens with one attached hydrogen (secondary N) is 1. The smallest absolute Gasteiger partial charge is 0.0683 e. The lowest BCUT2D eigenvalue weighted by Crippen LogP contribution is -2.21. The normalized spacial score (nSPS) is 13.0. The summed E-state index contributed by atoms with van der Waals surface area (Å²) in [5, 5.41) is 12.5. The molecule has 1 atom stereocenters. The van der Waals surface area contributed by atoms with Crippen LogP contribution in [0.15, 0.2) is 24.3 Å². The van der Waals surface area contributed by atoms with Crippen molar-refractivity contribution in [2.24, 2.45) is 5.41 Å². The van der Waals surface area contributed by atoms with Crippen LogP contribution in [0, 0.1) is 23.7 Å². The van der Waals surface area contributed by atoms with Gasteiger partial charge in [0, 0.05) is 6.04 Å². The molecule has 1 N–H and O–H groups in total. The van der Waals surface area contributed by atoms with E-state index in [1.54, 1.807) is 0 Å². The molecule has 0 aliphatic carbocycles. The van der Waals surface area contributed by atoms with E-state index < -0.39 is 0 Å². The lowest BCUT2D eigenvalue weighted by Gasteiger charge is -2.18. The van der Waals surface area contributed by atoms with Crippen molar-refractivity contribution >= 4 is 0 Å². The van der Waals surface area contributed by atoms with E-state index in [0.717, 1.165) is 25.8 Å². The van der Waals surface area contributed by atoms with E-state index in [-0.39, 0.29) is 5.41 Å². The average Bonchev–Trinajstić information content (AvgIpc) is 2.38. The molecule has 0 aliphatic rings. The van der Waals surface area contributed by atoms with Crippen molar-refractivity contribution in [3.8, 4) is 6.07 Å². The second kappa shape index (κ2) is 7.31. The standard InChI is InChI=1S/C17H26N2/c1-14-9-5-6-10-16(14)15(2)19-12-8-7-11-17(3,4)13-18/h5-6,9-10,15,19H,7-8,11-12H2,1-4H3/t15-/m0/s1. The van der Waals surface area contributed by atoms with Gasteiger partial charge in [-0.2, -0.15) is 5.26 Å². The maximum absolute atomic E-state index is 8.95. The van der Waals surface area contributed by atoms with Crippen LogP contribution in [-0.2, 0) is 0 Å². The molecule has 0 radical (unpaired) electrons. The zero-order valence-electron chi connectivity index (χ0n) is 12.7. The van der Waals surface area contributed by atoms with E-state index in [1.165, 1.54) is 11.1 Å². The summed E-state index contributed by atoms with van der Waals surface area (Å²) in [7, 11) is 0. The summed E-state index contributed by atoms with van der Waals surface area (Å²) in [5.41, 5.74) is 2.54. The van der Waals surface area contributed by atoms with Gasteiger partial charge in [-0.3, -0.25) is 0 Å². The first-order chi connectivity index (χ1) is 8.96. The molecule has 0 bridgehead atoms. The Morgan fingerprint density at radius 3 is 2.58 bits per heavy atom. The molecule has 1 aromatic rings. The Morgan fingerprint density at radius 1 is 1.26 bits per heavy atom. The molecule has 0 aliphatic heterocycles. The van der Waals surface area contributed by atoms with Crippen LogP contribution >= 0.6 is 0 Å². The molecule has 0 amide bonds. The summed E-state index contributed by atoms with van der Waals surface area (Å²) in [5.74, 6) is 0. The Balaban J connectivity index is 2.27. The van der Waals surface area contributed by atoms with Crippen molar-refractivity contribution in [1.82, 2.24) is 5.32 Å². The predicted octanol–water partition coefficient (Wildman–Crippen LogP) is 4.37. The van der Waals surface area contributed by atoms with E-state index in [2.05, 4.69) is 49.5 Å². The highest BCUT2D eigenvalue weighted by Crippen LogP contribution is 2.21. The number of nitrogens with zero attached hydrogens (tertiary/aromatic N) is 1.